The lowest BCUT2D eigenvalue weighted by Gasteiger charge is -2.37. The second-order valence-corrected chi connectivity index (χ2v) is 8.62. The van der Waals surface area contributed by atoms with Crippen molar-refractivity contribution in [2.75, 3.05) is 32.8 Å². The average molecular weight is 417 g/mol. The van der Waals surface area contributed by atoms with Crippen LogP contribution in [0.3, 0.4) is 0 Å². The number of carbonyl (C=O) groups is 1. The second kappa shape index (κ2) is 11.1. The lowest BCUT2D eigenvalue weighted by Crippen LogP contribution is -2.48. The van der Waals surface area contributed by atoms with E-state index in [0.717, 1.165) is 39.0 Å². The summed E-state index contributed by atoms with van der Waals surface area (Å²) in [5.41, 5.74) is 0. The maximum atomic E-state index is 13.4. The minimum absolute atomic E-state index is 0.0492. The summed E-state index contributed by atoms with van der Waals surface area (Å²) < 4.78 is 21.2. The summed E-state index contributed by atoms with van der Waals surface area (Å²) >= 11 is 0. The molecule has 0 aliphatic carbocycles. The zero-order valence-electron chi connectivity index (χ0n) is 18.0. The van der Waals surface area contributed by atoms with Gasteiger partial charge in [0.15, 0.2) is 0 Å². The quantitative estimate of drug-likeness (QED) is 0.605. The molecule has 0 unspecified atom stereocenters. The Labute approximate surface area is 178 Å². The predicted octanol–water partition coefficient (Wildman–Crippen LogP) is 3.20. The minimum Gasteiger partial charge on any atom is -0.493 e. The molecule has 1 saturated heterocycles. The lowest BCUT2D eigenvalue weighted by atomic mass is 9.88. The van der Waals surface area contributed by atoms with Gasteiger partial charge in [-0.25, -0.2) is 9.37 Å². The first kappa shape index (κ1) is 22.3. The zero-order chi connectivity index (χ0) is 21.3. The molecule has 0 spiro atoms. The number of hydrogen-bond donors (Lipinski definition) is 1. The fourth-order valence-electron chi connectivity index (χ4n) is 4.09. The fraction of sp³-hybridized carbons (Fsp3) is 0.565. The van der Waals surface area contributed by atoms with Crippen LogP contribution in [-0.2, 0) is 11.3 Å². The van der Waals surface area contributed by atoms with Crippen molar-refractivity contribution >= 4 is 5.91 Å². The van der Waals surface area contributed by atoms with Gasteiger partial charge in [-0.05, 0) is 30.9 Å². The topological polar surface area (TPSA) is 59.4 Å². The molecule has 1 aromatic carbocycles. The van der Waals surface area contributed by atoms with Crippen molar-refractivity contribution in [2.45, 2.75) is 33.2 Å². The Balaban J connectivity index is 1.50. The number of rotatable bonds is 10. The SMILES string of the molecule is CC(C)CN1C[C@@H](COc2cccc(F)c2)C[C@@H](C(=O)NCCCn2ccnc2)C1. The summed E-state index contributed by atoms with van der Waals surface area (Å²) in [5, 5.41) is 3.10. The van der Waals surface area contributed by atoms with Gasteiger partial charge in [0.05, 0.1) is 18.9 Å². The van der Waals surface area contributed by atoms with Gasteiger partial charge in [-0.3, -0.25) is 4.79 Å². The molecule has 3 rings (SSSR count). The molecule has 1 aliphatic rings. The first-order chi connectivity index (χ1) is 14.5. The molecule has 0 saturated carbocycles. The normalized spacial score (nSPS) is 19.7. The summed E-state index contributed by atoms with van der Waals surface area (Å²) in [6.07, 6.45) is 7.13. The molecule has 0 bridgehead atoms. The summed E-state index contributed by atoms with van der Waals surface area (Å²) in [4.78, 5) is 19.2. The first-order valence-corrected chi connectivity index (χ1v) is 10.8. The largest absolute Gasteiger partial charge is 0.493 e. The van der Waals surface area contributed by atoms with E-state index in [1.165, 1.54) is 12.1 Å². The van der Waals surface area contributed by atoms with Crippen LogP contribution in [0.5, 0.6) is 5.75 Å². The molecule has 0 radical (unpaired) electrons. The van der Waals surface area contributed by atoms with Crippen LogP contribution in [0.4, 0.5) is 4.39 Å². The minimum atomic E-state index is -0.300. The number of amides is 1. The van der Waals surface area contributed by atoms with E-state index >= 15 is 0 Å². The summed E-state index contributed by atoms with van der Waals surface area (Å²) in [6, 6.07) is 6.23. The van der Waals surface area contributed by atoms with Crippen molar-refractivity contribution < 1.29 is 13.9 Å². The molecule has 1 fully saturated rings. The van der Waals surface area contributed by atoms with Crippen molar-refractivity contribution in [1.29, 1.82) is 0 Å². The molecule has 30 heavy (non-hydrogen) atoms. The Morgan fingerprint density at radius 1 is 1.37 bits per heavy atom. The van der Waals surface area contributed by atoms with Crippen molar-refractivity contribution in [3.05, 3.63) is 48.8 Å². The van der Waals surface area contributed by atoms with E-state index in [9.17, 15) is 9.18 Å². The third-order valence-electron chi connectivity index (χ3n) is 5.34. The molecule has 2 aromatic rings. The number of likely N-dealkylation sites (tertiary alicyclic amines) is 1. The van der Waals surface area contributed by atoms with Crippen LogP contribution in [0, 0.1) is 23.6 Å². The molecule has 7 heteroatoms. The predicted molar refractivity (Wildman–Crippen MR) is 115 cm³/mol. The number of hydrogen-bond acceptors (Lipinski definition) is 4. The highest BCUT2D eigenvalue weighted by Crippen LogP contribution is 2.24. The molecule has 1 N–H and O–H groups in total. The monoisotopic (exact) mass is 416 g/mol. The number of aromatic nitrogens is 2. The highest BCUT2D eigenvalue weighted by Gasteiger charge is 2.32. The van der Waals surface area contributed by atoms with Crippen LogP contribution in [0.1, 0.15) is 26.7 Å². The van der Waals surface area contributed by atoms with Crippen LogP contribution in [0.25, 0.3) is 0 Å². The van der Waals surface area contributed by atoms with Gasteiger partial charge in [0.2, 0.25) is 5.91 Å². The van der Waals surface area contributed by atoms with Gasteiger partial charge in [0, 0.05) is 57.1 Å². The van der Waals surface area contributed by atoms with Crippen LogP contribution < -0.4 is 10.1 Å². The average Bonchev–Trinajstić information content (AvgIpc) is 3.22. The third kappa shape index (κ3) is 7.13. The number of imidazole rings is 1. The Bertz CT molecular complexity index is 781. The first-order valence-electron chi connectivity index (χ1n) is 10.8. The third-order valence-corrected chi connectivity index (χ3v) is 5.34. The van der Waals surface area contributed by atoms with Crippen molar-refractivity contribution in [1.82, 2.24) is 19.8 Å². The molecule has 2 heterocycles. The number of halogens is 1. The van der Waals surface area contributed by atoms with Gasteiger partial charge in [0.1, 0.15) is 11.6 Å². The molecular formula is C23H33FN4O2. The summed E-state index contributed by atoms with van der Waals surface area (Å²) in [7, 11) is 0. The van der Waals surface area contributed by atoms with E-state index in [2.05, 4.69) is 29.0 Å². The maximum absolute atomic E-state index is 13.4. The van der Waals surface area contributed by atoms with Crippen LogP contribution >= 0.6 is 0 Å². The second-order valence-electron chi connectivity index (χ2n) is 8.62. The van der Waals surface area contributed by atoms with E-state index in [0.29, 0.717) is 24.8 Å². The molecule has 1 amide bonds. The Hall–Kier alpha value is -2.41. The van der Waals surface area contributed by atoms with E-state index in [4.69, 9.17) is 4.74 Å². The number of aryl methyl sites for hydroxylation is 1. The van der Waals surface area contributed by atoms with E-state index in [-0.39, 0.29) is 23.6 Å². The highest BCUT2D eigenvalue weighted by molar-refractivity contribution is 5.79. The molecular weight excluding hydrogens is 383 g/mol. The standard InChI is InChI=1S/C23H33FN4O2/c1-18(2)13-28-14-19(16-30-22-6-3-5-21(24)12-22)11-20(15-28)23(29)26-7-4-9-27-10-8-25-17-27/h3,5-6,8,10,12,17-20H,4,7,9,11,13-16H2,1-2H3,(H,26,29)/t19-,20+/m0/s1. The maximum Gasteiger partial charge on any atom is 0.224 e. The van der Waals surface area contributed by atoms with Gasteiger partial charge >= 0.3 is 0 Å². The Kier molecular flexibility index (Phi) is 8.25. The van der Waals surface area contributed by atoms with Crippen molar-refractivity contribution in [2.24, 2.45) is 17.8 Å². The lowest BCUT2D eigenvalue weighted by molar-refractivity contribution is -0.127. The Morgan fingerprint density at radius 2 is 2.23 bits per heavy atom. The smallest absolute Gasteiger partial charge is 0.224 e. The number of nitrogens with zero attached hydrogens (tertiary/aromatic N) is 3. The van der Waals surface area contributed by atoms with E-state index in [1.54, 1.807) is 24.7 Å². The van der Waals surface area contributed by atoms with Gasteiger partial charge in [-0.15, -0.1) is 0 Å². The number of nitrogens with one attached hydrogen (secondary N) is 1. The van der Waals surface area contributed by atoms with Crippen molar-refractivity contribution in [3.63, 3.8) is 0 Å². The summed E-state index contributed by atoms with van der Waals surface area (Å²) in [5.74, 6) is 1.08. The van der Waals surface area contributed by atoms with E-state index < -0.39 is 0 Å². The van der Waals surface area contributed by atoms with E-state index in [1.807, 2.05) is 10.8 Å². The van der Waals surface area contributed by atoms with Crippen LogP contribution in [0.15, 0.2) is 43.0 Å². The number of carbonyl (C=O) groups excluding carboxylic acids is 1. The fourth-order valence-corrected chi connectivity index (χ4v) is 4.09. The van der Waals surface area contributed by atoms with Crippen LogP contribution in [-0.4, -0.2) is 53.1 Å². The molecule has 6 nitrogen and oxygen atoms in total. The Morgan fingerprint density at radius 3 is 2.97 bits per heavy atom. The zero-order valence-corrected chi connectivity index (χ0v) is 18.0. The molecule has 1 aliphatic heterocycles. The van der Waals surface area contributed by atoms with Crippen LogP contribution in [0.2, 0.25) is 0 Å². The number of ether oxygens (including phenoxy) is 1. The molecule has 1 aromatic heterocycles. The summed E-state index contributed by atoms with van der Waals surface area (Å²) in [6.45, 7) is 9.01. The molecule has 164 valence electrons. The van der Waals surface area contributed by atoms with Crippen molar-refractivity contribution in [3.8, 4) is 5.75 Å². The number of piperidine rings is 1. The van der Waals surface area contributed by atoms with Gasteiger partial charge in [-0.1, -0.05) is 19.9 Å². The number of benzene rings is 1. The van der Waals surface area contributed by atoms with Gasteiger partial charge < -0.3 is 19.5 Å². The highest BCUT2D eigenvalue weighted by atomic mass is 19.1. The molecule has 2 atom stereocenters. The van der Waals surface area contributed by atoms with Gasteiger partial charge in [-0.2, -0.15) is 0 Å². The van der Waals surface area contributed by atoms with Gasteiger partial charge in [0.25, 0.3) is 0 Å².